The van der Waals surface area contributed by atoms with Crippen molar-refractivity contribution in [3.05, 3.63) is 148 Å². The fraction of sp³-hybridized carbons (Fsp3) is 0.345. The number of aryl methyl sites for hydroxylation is 2. The van der Waals surface area contributed by atoms with E-state index in [1.807, 2.05) is 76.5 Å². The minimum absolute atomic E-state index is 0.152. The zero-order valence-electron chi connectivity index (χ0n) is 42.8. The molecule has 376 valence electrons. The average Bonchev–Trinajstić information content (AvgIpc) is 3.87. The predicted molar refractivity (Wildman–Crippen MR) is 290 cm³/mol. The lowest BCUT2D eigenvalue weighted by Crippen LogP contribution is -2.36. The molecule has 2 fully saturated rings. The van der Waals surface area contributed by atoms with Gasteiger partial charge in [-0.15, -0.1) is 0 Å². The summed E-state index contributed by atoms with van der Waals surface area (Å²) in [4.78, 5) is 34.9. The Labute approximate surface area is 430 Å². The number of ether oxygens (including phenoxy) is 2. The maximum atomic E-state index is 15.6. The normalized spacial score (nSPS) is 16.6. The maximum Gasteiger partial charge on any atom is 0.134 e. The van der Waals surface area contributed by atoms with Gasteiger partial charge in [-0.25, -0.2) is 18.7 Å². The lowest BCUT2D eigenvalue weighted by molar-refractivity contribution is 0.122. The van der Waals surface area contributed by atoms with E-state index in [0.717, 1.165) is 108 Å². The Hall–Kier alpha value is -6.87. The number of fused-ring (bicyclic) bond motifs is 4. The van der Waals surface area contributed by atoms with E-state index in [-0.39, 0.29) is 22.5 Å². The van der Waals surface area contributed by atoms with Crippen LogP contribution in [0.4, 0.5) is 37.2 Å². The highest BCUT2D eigenvalue weighted by Gasteiger charge is 2.40. The van der Waals surface area contributed by atoms with Gasteiger partial charge in [0, 0.05) is 68.1 Å². The molecule has 4 aliphatic heterocycles. The van der Waals surface area contributed by atoms with Crippen LogP contribution in [0.25, 0.3) is 44.6 Å². The molecule has 8 aromatic rings. The minimum Gasteiger partial charge on any atom is -0.383 e. The molecule has 2 saturated heterocycles. The standard InChI is InChI=1S/C29H30FN5O.C16H12ClFN2.C13H19N3O/c1-18-8-9-21(30)24-25(18)33-26(22-7-5-6-10-31-22)19(2)27(24)35-17-29(3,4)28-23(35)15-20(16-32-28)34-11-13-36-14-12-34;1-9-6-7-11(18)13-14(17)10(2)16(20-15(9)13)12-5-3-4-8-19-12;1-13(2)9-15-11-7-10(8-14-12(11)13)16-3-5-17-6-4-16/h5-10,15-16H,11-14,17H2,1-4H3;3-8H,1-2H3;7-8,15H,3-6,9H2,1-2H3. The van der Waals surface area contributed by atoms with Gasteiger partial charge in [0.05, 0.1) is 128 Å². The van der Waals surface area contributed by atoms with Crippen molar-refractivity contribution < 1.29 is 18.3 Å². The van der Waals surface area contributed by atoms with Gasteiger partial charge in [-0.05, 0) is 92.9 Å². The van der Waals surface area contributed by atoms with Crippen LogP contribution in [0.15, 0.2) is 97.6 Å². The Balaban J connectivity index is 0.000000139. The number of hydrogen-bond acceptors (Lipinski definition) is 12. The first-order valence-corrected chi connectivity index (χ1v) is 25.3. The number of pyridine rings is 6. The molecule has 73 heavy (non-hydrogen) atoms. The van der Waals surface area contributed by atoms with Crippen molar-refractivity contribution in [1.82, 2.24) is 29.9 Å². The largest absolute Gasteiger partial charge is 0.383 e. The monoisotopic (exact) mass is 1000 g/mol. The van der Waals surface area contributed by atoms with Crippen LogP contribution < -0.4 is 20.0 Å². The molecule has 0 radical (unpaired) electrons. The third-order valence-corrected chi connectivity index (χ3v) is 14.8. The molecule has 0 saturated carbocycles. The zero-order valence-corrected chi connectivity index (χ0v) is 43.5. The van der Waals surface area contributed by atoms with Crippen LogP contribution in [0.2, 0.25) is 5.02 Å². The van der Waals surface area contributed by atoms with E-state index < -0.39 is 0 Å². The molecule has 6 aromatic heterocycles. The maximum absolute atomic E-state index is 15.6. The molecule has 2 aromatic carbocycles. The van der Waals surface area contributed by atoms with Crippen molar-refractivity contribution in [2.24, 2.45) is 0 Å². The summed E-state index contributed by atoms with van der Waals surface area (Å²) in [6.07, 6.45) is 7.44. The molecule has 12 rings (SSSR count). The molecule has 0 atom stereocenters. The molecule has 12 nitrogen and oxygen atoms in total. The molecular weight excluding hydrogens is 942 g/mol. The van der Waals surface area contributed by atoms with Crippen LogP contribution in [0.1, 0.15) is 61.3 Å². The van der Waals surface area contributed by atoms with Gasteiger partial charge in [-0.3, -0.25) is 19.9 Å². The molecule has 4 aliphatic rings. The van der Waals surface area contributed by atoms with E-state index in [0.29, 0.717) is 52.3 Å². The topological polar surface area (TPSA) is 118 Å². The molecule has 10 heterocycles. The molecule has 0 bridgehead atoms. The van der Waals surface area contributed by atoms with E-state index in [4.69, 9.17) is 31.0 Å². The number of hydrogen-bond donors (Lipinski definition) is 1. The first-order chi connectivity index (χ1) is 35.1. The van der Waals surface area contributed by atoms with Gasteiger partial charge in [0.25, 0.3) is 0 Å². The van der Waals surface area contributed by atoms with Gasteiger partial charge in [-0.1, -0.05) is 63.6 Å². The highest BCUT2D eigenvalue weighted by Crippen LogP contribution is 2.49. The lowest BCUT2D eigenvalue weighted by Gasteiger charge is -2.30. The summed E-state index contributed by atoms with van der Waals surface area (Å²) in [5.74, 6) is -0.615. The highest BCUT2D eigenvalue weighted by molar-refractivity contribution is 6.36. The van der Waals surface area contributed by atoms with Gasteiger partial charge >= 0.3 is 0 Å². The van der Waals surface area contributed by atoms with Crippen molar-refractivity contribution >= 4 is 61.8 Å². The number of nitrogens with zero attached hydrogens (tertiary/aromatic N) is 9. The lowest BCUT2D eigenvalue weighted by atomic mass is 9.91. The predicted octanol–water partition coefficient (Wildman–Crippen LogP) is 12.0. The number of morpholine rings is 2. The van der Waals surface area contributed by atoms with E-state index >= 15 is 4.39 Å². The Kier molecular flexibility index (Phi) is 13.8. The SMILES string of the molecule is CC1(C)CNc2cc(N3CCOCC3)cnc21.Cc1c(-c2ccccn2)nc2c(C)ccc(F)c2c1Cl.Cc1c(-c2ccccn2)nc2c(C)ccc(F)c2c1N1CC(C)(C)c2ncc(N3CCOCC3)cc21. The van der Waals surface area contributed by atoms with E-state index in [1.54, 1.807) is 30.6 Å². The van der Waals surface area contributed by atoms with E-state index in [1.165, 1.54) is 23.1 Å². The first-order valence-electron chi connectivity index (χ1n) is 25.0. The summed E-state index contributed by atoms with van der Waals surface area (Å²) in [7, 11) is 0. The van der Waals surface area contributed by atoms with Crippen molar-refractivity contribution in [2.75, 3.05) is 85.7 Å². The van der Waals surface area contributed by atoms with Crippen molar-refractivity contribution in [1.29, 1.82) is 0 Å². The number of anilines is 5. The Morgan fingerprint density at radius 2 is 1.12 bits per heavy atom. The van der Waals surface area contributed by atoms with Crippen LogP contribution >= 0.6 is 11.6 Å². The second kappa shape index (κ2) is 20.2. The second-order valence-corrected chi connectivity index (χ2v) is 20.9. The summed E-state index contributed by atoms with van der Waals surface area (Å²) in [5.41, 5.74) is 15.2. The zero-order chi connectivity index (χ0) is 51.2. The van der Waals surface area contributed by atoms with Crippen LogP contribution in [-0.2, 0) is 20.3 Å². The van der Waals surface area contributed by atoms with Crippen LogP contribution in [0.5, 0.6) is 0 Å². The van der Waals surface area contributed by atoms with Crippen molar-refractivity contribution in [2.45, 2.75) is 66.2 Å². The van der Waals surface area contributed by atoms with Crippen LogP contribution in [0, 0.1) is 39.3 Å². The molecule has 0 amide bonds. The summed E-state index contributed by atoms with van der Waals surface area (Å²) in [6, 6.07) is 22.3. The fourth-order valence-corrected chi connectivity index (χ4v) is 10.6. The van der Waals surface area contributed by atoms with Crippen molar-refractivity contribution in [3.8, 4) is 22.8 Å². The molecule has 0 aliphatic carbocycles. The van der Waals surface area contributed by atoms with Gasteiger partial charge in [-0.2, -0.15) is 0 Å². The highest BCUT2D eigenvalue weighted by atomic mass is 35.5. The fourth-order valence-electron chi connectivity index (χ4n) is 10.3. The minimum atomic E-state index is -0.348. The third kappa shape index (κ3) is 9.64. The molecule has 15 heteroatoms. The van der Waals surface area contributed by atoms with Crippen LogP contribution in [-0.4, -0.2) is 95.6 Å². The summed E-state index contributed by atoms with van der Waals surface area (Å²) in [6.45, 7) is 24.9. The smallest absolute Gasteiger partial charge is 0.134 e. The Morgan fingerprint density at radius 3 is 1.68 bits per heavy atom. The van der Waals surface area contributed by atoms with Crippen LogP contribution in [0.3, 0.4) is 0 Å². The average molecular weight is 1000 g/mol. The molecule has 1 N–H and O–H groups in total. The second-order valence-electron chi connectivity index (χ2n) is 20.5. The van der Waals surface area contributed by atoms with Gasteiger partial charge in [0.2, 0.25) is 0 Å². The number of benzene rings is 2. The molecule has 0 unspecified atom stereocenters. The third-order valence-electron chi connectivity index (χ3n) is 14.4. The number of nitrogens with one attached hydrogen (secondary N) is 1. The number of halogens is 3. The molecular formula is C58H61ClF2N10O2. The molecule has 0 spiro atoms. The Morgan fingerprint density at radius 1 is 0.603 bits per heavy atom. The van der Waals surface area contributed by atoms with E-state index in [9.17, 15) is 4.39 Å². The number of rotatable bonds is 5. The van der Waals surface area contributed by atoms with Gasteiger partial charge < -0.3 is 29.5 Å². The Bertz CT molecular complexity index is 3350. The first kappa shape index (κ1) is 49.7. The summed E-state index contributed by atoms with van der Waals surface area (Å²) in [5, 5.41) is 4.78. The summed E-state index contributed by atoms with van der Waals surface area (Å²) >= 11 is 6.35. The summed E-state index contributed by atoms with van der Waals surface area (Å²) < 4.78 is 40.5. The number of aromatic nitrogens is 6. The quantitative estimate of drug-likeness (QED) is 0.177. The van der Waals surface area contributed by atoms with Crippen molar-refractivity contribution in [3.63, 3.8) is 0 Å². The van der Waals surface area contributed by atoms with Gasteiger partial charge in [0.15, 0.2) is 0 Å². The van der Waals surface area contributed by atoms with Gasteiger partial charge in [0.1, 0.15) is 11.6 Å². The van der Waals surface area contributed by atoms with E-state index in [2.05, 4.69) is 79.8 Å².